The summed E-state index contributed by atoms with van der Waals surface area (Å²) in [4.78, 5) is 31.6. The molecule has 1 unspecified atom stereocenters. The monoisotopic (exact) mass is 707 g/mol. The fraction of sp³-hybridized carbons (Fsp3) is 0.385. The molecule has 268 valence electrons. The molecule has 7 heterocycles. The fourth-order valence-electron chi connectivity index (χ4n) is 8.45. The fourth-order valence-corrected chi connectivity index (χ4v) is 8.45. The van der Waals surface area contributed by atoms with Crippen molar-refractivity contribution in [1.82, 2.24) is 34.7 Å². The lowest BCUT2D eigenvalue weighted by Gasteiger charge is -2.35. The van der Waals surface area contributed by atoms with E-state index in [2.05, 4.69) is 20.2 Å². The van der Waals surface area contributed by atoms with Crippen LogP contribution in [0.3, 0.4) is 0 Å². The molecule has 0 radical (unpaired) electrons. The maximum atomic E-state index is 15.3. The molecule has 0 aliphatic carbocycles. The average Bonchev–Trinajstić information content (AvgIpc) is 3.91. The molecule has 3 saturated heterocycles. The van der Waals surface area contributed by atoms with Crippen molar-refractivity contribution in [2.24, 2.45) is 0 Å². The number of carbonyl (C=O) groups excluding carboxylic acids is 1. The number of nitrogens with one attached hydrogen (secondary N) is 1. The van der Waals surface area contributed by atoms with Gasteiger partial charge in [-0.1, -0.05) is 12.1 Å². The second kappa shape index (κ2) is 13.5. The minimum Gasteiger partial charge on any atom is -0.354 e. The van der Waals surface area contributed by atoms with E-state index < -0.39 is 17.5 Å². The van der Waals surface area contributed by atoms with Gasteiger partial charge in [-0.2, -0.15) is 5.10 Å². The Labute approximate surface area is 299 Å². The molecule has 2 aromatic carbocycles. The van der Waals surface area contributed by atoms with Crippen LogP contribution in [0.15, 0.2) is 67.0 Å². The molecule has 10 nitrogen and oxygen atoms in total. The molecule has 0 bridgehead atoms. The highest BCUT2D eigenvalue weighted by Gasteiger charge is 2.36. The van der Waals surface area contributed by atoms with Gasteiger partial charge in [0.2, 0.25) is 0 Å². The van der Waals surface area contributed by atoms with Crippen molar-refractivity contribution in [2.45, 2.75) is 50.9 Å². The molecule has 4 aliphatic rings. The molecule has 52 heavy (non-hydrogen) atoms. The standard InChI is InChI=1S/C39H40F3N9O/c40-27-8-9-31(41)29(20-27)34-6-3-12-49(34)36-10-13-51-38(46-36)30(22-44-51)33-5-1-7-35(45-33)48-16-14-47(15-17-48)23-25-18-26-24-50(28-4-2-11-43-21-28)39(52)37(26)32(42)19-25/h1,5,7-10,13,18-20,22,28,34,43H,2-4,6,11-12,14-17,21,23-24H2/t28?,34-/m1/s1. The van der Waals surface area contributed by atoms with Gasteiger partial charge in [0.05, 0.1) is 29.1 Å². The third-order valence-electron chi connectivity index (χ3n) is 11.1. The first kappa shape index (κ1) is 32.9. The van der Waals surface area contributed by atoms with Gasteiger partial charge in [-0.3, -0.25) is 9.69 Å². The van der Waals surface area contributed by atoms with E-state index in [0.29, 0.717) is 43.1 Å². The molecule has 1 amide bonds. The summed E-state index contributed by atoms with van der Waals surface area (Å²) in [5.41, 5.74) is 4.43. The third-order valence-corrected chi connectivity index (χ3v) is 11.1. The number of piperidine rings is 1. The quantitative estimate of drug-likeness (QED) is 0.235. The van der Waals surface area contributed by atoms with Crippen molar-refractivity contribution in [3.8, 4) is 11.3 Å². The molecule has 13 heteroatoms. The van der Waals surface area contributed by atoms with E-state index in [9.17, 15) is 13.6 Å². The average molecular weight is 708 g/mol. The summed E-state index contributed by atoms with van der Waals surface area (Å²) in [6.07, 6.45) is 7.13. The van der Waals surface area contributed by atoms with Crippen LogP contribution in [0.5, 0.6) is 0 Å². The lowest BCUT2D eigenvalue weighted by molar-refractivity contribution is 0.0671. The number of pyridine rings is 1. The number of carbonyl (C=O) groups is 1. The summed E-state index contributed by atoms with van der Waals surface area (Å²) in [5.74, 6) is 0.0622. The van der Waals surface area contributed by atoms with Gasteiger partial charge in [0, 0.05) is 70.2 Å². The van der Waals surface area contributed by atoms with Crippen molar-refractivity contribution >= 4 is 23.2 Å². The first-order valence-corrected chi connectivity index (χ1v) is 18.2. The normalized spacial score (nSPS) is 21.1. The summed E-state index contributed by atoms with van der Waals surface area (Å²) in [7, 11) is 0. The first-order chi connectivity index (χ1) is 25.4. The Balaban J connectivity index is 0.883. The highest BCUT2D eigenvalue weighted by Crippen LogP contribution is 2.38. The predicted octanol–water partition coefficient (Wildman–Crippen LogP) is 5.58. The van der Waals surface area contributed by atoms with Crippen LogP contribution in [0.2, 0.25) is 0 Å². The van der Waals surface area contributed by atoms with E-state index in [1.54, 1.807) is 10.7 Å². The largest absolute Gasteiger partial charge is 0.354 e. The zero-order valence-corrected chi connectivity index (χ0v) is 28.8. The maximum Gasteiger partial charge on any atom is 0.257 e. The number of benzene rings is 2. The van der Waals surface area contributed by atoms with Crippen LogP contribution in [0.4, 0.5) is 24.8 Å². The van der Waals surface area contributed by atoms with Crippen molar-refractivity contribution < 1.29 is 18.0 Å². The Kier molecular flexibility index (Phi) is 8.54. The zero-order chi connectivity index (χ0) is 35.3. The van der Waals surface area contributed by atoms with E-state index >= 15 is 4.39 Å². The van der Waals surface area contributed by atoms with Crippen LogP contribution in [-0.4, -0.2) is 87.1 Å². The van der Waals surface area contributed by atoms with Gasteiger partial charge < -0.3 is 20.0 Å². The molecule has 3 aromatic heterocycles. The summed E-state index contributed by atoms with van der Waals surface area (Å²) in [6, 6.07) is 14.8. The van der Waals surface area contributed by atoms with E-state index in [4.69, 9.17) is 9.97 Å². The van der Waals surface area contributed by atoms with Gasteiger partial charge in [-0.05, 0) is 85.8 Å². The Bertz CT molecular complexity index is 2140. The predicted molar refractivity (Wildman–Crippen MR) is 192 cm³/mol. The van der Waals surface area contributed by atoms with Crippen LogP contribution in [0.1, 0.15) is 58.8 Å². The van der Waals surface area contributed by atoms with Crippen LogP contribution >= 0.6 is 0 Å². The third kappa shape index (κ3) is 6.05. The van der Waals surface area contributed by atoms with Crippen LogP contribution < -0.4 is 15.1 Å². The van der Waals surface area contributed by atoms with E-state index in [-0.39, 0.29) is 23.6 Å². The minimum absolute atomic E-state index is 0.112. The van der Waals surface area contributed by atoms with Crippen molar-refractivity contribution in [3.63, 3.8) is 0 Å². The summed E-state index contributed by atoms with van der Waals surface area (Å²) < 4.78 is 45.9. The molecule has 2 atom stereocenters. The summed E-state index contributed by atoms with van der Waals surface area (Å²) in [6.45, 7) is 6.58. The Hall–Kier alpha value is -5.01. The topological polar surface area (TPSA) is 85.1 Å². The van der Waals surface area contributed by atoms with Crippen molar-refractivity contribution in [3.05, 3.63) is 107 Å². The van der Waals surface area contributed by atoms with Gasteiger partial charge in [-0.25, -0.2) is 27.7 Å². The number of hydrogen-bond acceptors (Lipinski definition) is 8. The van der Waals surface area contributed by atoms with Crippen molar-refractivity contribution in [1.29, 1.82) is 0 Å². The smallest absolute Gasteiger partial charge is 0.257 e. The highest BCUT2D eigenvalue weighted by molar-refractivity contribution is 5.99. The molecular weight excluding hydrogens is 667 g/mol. The van der Waals surface area contributed by atoms with Gasteiger partial charge in [0.25, 0.3) is 5.91 Å². The van der Waals surface area contributed by atoms with E-state index in [1.165, 1.54) is 18.2 Å². The zero-order valence-electron chi connectivity index (χ0n) is 28.8. The van der Waals surface area contributed by atoms with Gasteiger partial charge >= 0.3 is 0 Å². The number of aromatic nitrogens is 4. The van der Waals surface area contributed by atoms with E-state index in [1.807, 2.05) is 46.3 Å². The number of amides is 1. The minimum atomic E-state index is -0.454. The van der Waals surface area contributed by atoms with Crippen LogP contribution in [0, 0.1) is 17.5 Å². The molecule has 0 spiro atoms. The van der Waals surface area contributed by atoms with Crippen LogP contribution in [-0.2, 0) is 13.1 Å². The molecule has 1 N–H and O–H groups in total. The summed E-state index contributed by atoms with van der Waals surface area (Å²) >= 11 is 0. The van der Waals surface area contributed by atoms with Gasteiger partial charge in [0.15, 0.2) is 5.65 Å². The molecule has 3 fully saturated rings. The Morgan fingerprint density at radius 1 is 0.846 bits per heavy atom. The number of piperazine rings is 1. The number of halogens is 3. The number of rotatable bonds is 7. The molecule has 5 aromatic rings. The molecule has 4 aliphatic heterocycles. The highest BCUT2D eigenvalue weighted by atomic mass is 19.1. The van der Waals surface area contributed by atoms with Crippen LogP contribution in [0.25, 0.3) is 16.9 Å². The molecule has 9 rings (SSSR count). The first-order valence-electron chi connectivity index (χ1n) is 18.2. The molecule has 0 saturated carbocycles. The number of hydrogen-bond donors (Lipinski definition) is 1. The number of nitrogens with zero attached hydrogens (tertiary/aromatic N) is 8. The second-order valence-electron chi connectivity index (χ2n) is 14.3. The molecular formula is C39H40F3N9O. The lowest BCUT2D eigenvalue weighted by atomic mass is 10.0. The summed E-state index contributed by atoms with van der Waals surface area (Å²) in [5, 5.41) is 7.89. The SMILES string of the molecule is O=C1c2c(F)cc(CN3CCN(c4cccc(-c5cnn6ccc(N7CCC[C@@H]7c7cc(F)ccc7F)nc56)n4)CC3)cc2CN1C1CCCNC1. The Morgan fingerprint density at radius 3 is 2.58 bits per heavy atom. The number of fused-ring (bicyclic) bond motifs is 2. The lowest BCUT2D eigenvalue weighted by Crippen LogP contribution is -2.46. The van der Waals surface area contributed by atoms with Gasteiger partial charge in [-0.15, -0.1) is 0 Å². The van der Waals surface area contributed by atoms with Gasteiger partial charge in [0.1, 0.15) is 29.1 Å². The Morgan fingerprint density at radius 2 is 1.73 bits per heavy atom. The second-order valence-corrected chi connectivity index (χ2v) is 14.3. The number of anilines is 2. The van der Waals surface area contributed by atoms with Crippen molar-refractivity contribution in [2.75, 3.05) is 55.6 Å². The van der Waals surface area contributed by atoms with E-state index in [0.717, 1.165) is 92.8 Å². The maximum absolute atomic E-state index is 15.3.